The number of carbonyl (C=O) groups excluding carboxylic acids is 1. The summed E-state index contributed by atoms with van der Waals surface area (Å²) in [6.45, 7) is 0. The highest BCUT2D eigenvalue weighted by Gasteiger charge is 2.61. The number of esters is 1. The fourth-order valence-electron chi connectivity index (χ4n) is 2.99. The maximum atomic E-state index is 12.4. The molecule has 0 saturated heterocycles. The van der Waals surface area contributed by atoms with Crippen LogP contribution < -0.4 is 0 Å². The lowest BCUT2D eigenvalue weighted by atomic mass is 9.83. The van der Waals surface area contributed by atoms with Crippen molar-refractivity contribution in [1.82, 2.24) is 0 Å². The van der Waals surface area contributed by atoms with E-state index in [2.05, 4.69) is 4.74 Å². The van der Waals surface area contributed by atoms with Gasteiger partial charge in [0.15, 0.2) is 0 Å². The summed E-state index contributed by atoms with van der Waals surface area (Å²) < 4.78 is 77.9. The van der Waals surface area contributed by atoms with Crippen LogP contribution in [0.3, 0.4) is 0 Å². The molecule has 0 radical (unpaired) electrons. The Bertz CT molecular complexity index is 495. The van der Waals surface area contributed by atoms with Crippen molar-refractivity contribution < 1.29 is 45.8 Å². The number of carboxylic acid groups (broad SMARTS) is 1. The number of fused-ring (bicyclic) bond motifs is 2. The Labute approximate surface area is 119 Å². The molecule has 0 aromatic heterocycles. The lowest BCUT2D eigenvalue weighted by Gasteiger charge is -2.27. The van der Waals surface area contributed by atoms with Gasteiger partial charge in [-0.05, 0) is 18.3 Å². The van der Waals surface area contributed by atoms with Crippen LogP contribution in [0.5, 0.6) is 0 Å². The van der Waals surface area contributed by atoms with Gasteiger partial charge in [0.05, 0.1) is 11.8 Å². The predicted octanol–water partition coefficient (Wildman–Crippen LogP) is 2.55. The Morgan fingerprint density at radius 1 is 1.00 bits per heavy atom. The first-order valence-corrected chi connectivity index (χ1v) is 6.18. The van der Waals surface area contributed by atoms with Gasteiger partial charge in [-0.1, -0.05) is 12.2 Å². The van der Waals surface area contributed by atoms with Crippen LogP contribution in [0.2, 0.25) is 0 Å². The number of hydrogen-bond donors (Lipinski definition) is 1. The van der Waals surface area contributed by atoms with Gasteiger partial charge in [-0.3, -0.25) is 9.59 Å². The molecule has 0 aromatic rings. The van der Waals surface area contributed by atoms with E-state index in [0.29, 0.717) is 0 Å². The molecule has 4 unspecified atom stereocenters. The average molecular weight is 332 g/mol. The second-order valence-electron chi connectivity index (χ2n) is 5.24. The van der Waals surface area contributed by atoms with Crippen molar-refractivity contribution in [2.75, 3.05) is 0 Å². The third kappa shape index (κ3) is 2.91. The van der Waals surface area contributed by atoms with Gasteiger partial charge in [-0.2, -0.15) is 26.3 Å². The first-order chi connectivity index (χ1) is 9.93. The molecule has 0 spiro atoms. The van der Waals surface area contributed by atoms with E-state index in [-0.39, 0.29) is 6.42 Å². The van der Waals surface area contributed by atoms with Crippen molar-refractivity contribution in [2.45, 2.75) is 24.9 Å². The lowest BCUT2D eigenvalue weighted by Crippen LogP contribution is -2.47. The highest BCUT2D eigenvalue weighted by atomic mass is 19.4. The maximum absolute atomic E-state index is 12.4. The second-order valence-corrected chi connectivity index (χ2v) is 5.24. The highest BCUT2D eigenvalue weighted by Crippen LogP contribution is 2.49. The second kappa shape index (κ2) is 5.17. The monoisotopic (exact) mass is 332 g/mol. The molecule has 22 heavy (non-hydrogen) atoms. The van der Waals surface area contributed by atoms with Crippen molar-refractivity contribution in [2.24, 2.45) is 23.7 Å². The molecule has 4 nitrogen and oxygen atoms in total. The largest absolute Gasteiger partial charge is 0.481 e. The topological polar surface area (TPSA) is 63.6 Å². The molecular weight excluding hydrogens is 322 g/mol. The standard InChI is InChI=1S/C12H10F6O4/c13-11(14,15)10(12(16,17)18)22-9(21)7-5-2-1-4(3-5)6(7)8(19)20/h1-2,4-7,10H,3H2,(H,19,20). The van der Waals surface area contributed by atoms with Crippen LogP contribution in [0.25, 0.3) is 0 Å². The smallest absolute Gasteiger partial charge is 0.434 e. The SMILES string of the molecule is O=C(O)C1C2C=CC(C2)C1C(=O)OC(C(F)(F)F)C(F)(F)F. The fraction of sp³-hybridized carbons (Fsp3) is 0.667. The Balaban J connectivity index is 2.21. The third-order valence-electron chi connectivity index (χ3n) is 3.85. The summed E-state index contributed by atoms with van der Waals surface area (Å²) >= 11 is 0. The summed E-state index contributed by atoms with van der Waals surface area (Å²) in [5, 5.41) is 9.02. The minimum Gasteiger partial charge on any atom is -0.481 e. The van der Waals surface area contributed by atoms with Crippen molar-refractivity contribution in [3.63, 3.8) is 0 Å². The normalized spacial score (nSPS) is 30.9. The lowest BCUT2D eigenvalue weighted by molar-refractivity contribution is -0.314. The summed E-state index contributed by atoms with van der Waals surface area (Å²) in [6.07, 6.45) is -12.8. The average Bonchev–Trinajstić information content (AvgIpc) is 2.92. The van der Waals surface area contributed by atoms with E-state index >= 15 is 0 Å². The van der Waals surface area contributed by atoms with Crippen LogP contribution in [-0.2, 0) is 14.3 Å². The molecule has 2 rings (SSSR count). The molecule has 4 atom stereocenters. The van der Waals surface area contributed by atoms with E-state index in [4.69, 9.17) is 5.11 Å². The van der Waals surface area contributed by atoms with Gasteiger partial charge in [0.1, 0.15) is 0 Å². The van der Waals surface area contributed by atoms with Crippen LogP contribution in [-0.4, -0.2) is 35.5 Å². The molecule has 2 aliphatic rings. The molecule has 0 amide bonds. The fourth-order valence-corrected chi connectivity index (χ4v) is 2.99. The highest BCUT2D eigenvalue weighted by molar-refractivity contribution is 5.83. The third-order valence-corrected chi connectivity index (χ3v) is 3.85. The van der Waals surface area contributed by atoms with E-state index in [1.54, 1.807) is 0 Å². The molecule has 1 fully saturated rings. The zero-order chi connectivity index (χ0) is 16.9. The molecule has 2 bridgehead atoms. The summed E-state index contributed by atoms with van der Waals surface area (Å²) in [5.74, 6) is -7.46. The number of carbonyl (C=O) groups is 2. The van der Waals surface area contributed by atoms with Crippen molar-refractivity contribution in [1.29, 1.82) is 0 Å². The van der Waals surface area contributed by atoms with Gasteiger partial charge in [0.2, 0.25) is 0 Å². The molecule has 0 heterocycles. The van der Waals surface area contributed by atoms with Gasteiger partial charge in [0.25, 0.3) is 6.10 Å². The Hall–Kier alpha value is -1.74. The maximum Gasteiger partial charge on any atom is 0.434 e. The van der Waals surface area contributed by atoms with Crippen LogP contribution >= 0.6 is 0 Å². The molecule has 0 aliphatic heterocycles. The summed E-state index contributed by atoms with van der Waals surface area (Å²) in [4.78, 5) is 22.8. The molecule has 10 heteroatoms. The quantitative estimate of drug-likeness (QED) is 0.490. The number of alkyl halides is 6. The Kier molecular flexibility index (Phi) is 3.90. The number of ether oxygens (including phenoxy) is 1. The van der Waals surface area contributed by atoms with E-state index in [1.165, 1.54) is 12.2 Å². The number of aliphatic carboxylic acids is 1. The van der Waals surface area contributed by atoms with Gasteiger partial charge in [-0.25, -0.2) is 0 Å². The van der Waals surface area contributed by atoms with Crippen LogP contribution in [0, 0.1) is 23.7 Å². The van der Waals surface area contributed by atoms with Crippen molar-refractivity contribution >= 4 is 11.9 Å². The number of rotatable bonds is 3. The molecule has 1 saturated carbocycles. The number of hydrogen-bond acceptors (Lipinski definition) is 3. The van der Waals surface area contributed by atoms with Gasteiger partial charge in [-0.15, -0.1) is 0 Å². The van der Waals surface area contributed by atoms with Gasteiger partial charge >= 0.3 is 24.3 Å². The van der Waals surface area contributed by atoms with Gasteiger partial charge in [0, 0.05) is 0 Å². The van der Waals surface area contributed by atoms with Crippen molar-refractivity contribution in [3.8, 4) is 0 Å². The van der Waals surface area contributed by atoms with Gasteiger partial charge < -0.3 is 9.84 Å². The molecule has 0 aromatic carbocycles. The van der Waals surface area contributed by atoms with Crippen LogP contribution in [0.1, 0.15) is 6.42 Å². The zero-order valence-electron chi connectivity index (χ0n) is 10.7. The van der Waals surface area contributed by atoms with Crippen LogP contribution in [0.15, 0.2) is 12.2 Å². The van der Waals surface area contributed by atoms with E-state index in [0.717, 1.165) is 0 Å². The minimum atomic E-state index is -5.82. The number of halogens is 6. The Morgan fingerprint density at radius 2 is 1.45 bits per heavy atom. The van der Waals surface area contributed by atoms with E-state index in [1.807, 2.05) is 0 Å². The summed E-state index contributed by atoms with van der Waals surface area (Å²) in [7, 11) is 0. The first kappa shape index (κ1) is 16.6. The van der Waals surface area contributed by atoms with Crippen LogP contribution in [0.4, 0.5) is 26.3 Å². The number of carboxylic acids is 1. The summed E-state index contributed by atoms with van der Waals surface area (Å²) in [5.41, 5.74) is 0. The molecule has 2 aliphatic carbocycles. The Morgan fingerprint density at radius 3 is 1.86 bits per heavy atom. The molecule has 1 N–H and O–H groups in total. The predicted molar refractivity (Wildman–Crippen MR) is 57.3 cm³/mol. The van der Waals surface area contributed by atoms with E-state index < -0.39 is 54.1 Å². The molecular formula is C12H10F6O4. The summed E-state index contributed by atoms with van der Waals surface area (Å²) in [6, 6.07) is 0. The van der Waals surface area contributed by atoms with Crippen molar-refractivity contribution in [3.05, 3.63) is 12.2 Å². The molecule has 124 valence electrons. The minimum absolute atomic E-state index is 0.194. The zero-order valence-corrected chi connectivity index (χ0v) is 10.7. The number of allylic oxidation sites excluding steroid dienone is 2. The first-order valence-electron chi connectivity index (χ1n) is 6.18. The van der Waals surface area contributed by atoms with E-state index in [9.17, 15) is 35.9 Å².